The predicted molar refractivity (Wildman–Crippen MR) is 148 cm³/mol. The van der Waals surface area contributed by atoms with Crippen LogP contribution in [0.5, 0.6) is 5.75 Å². The average molecular weight is 511 g/mol. The first-order chi connectivity index (χ1) is 17.7. The Morgan fingerprint density at radius 3 is 2.65 bits per heavy atom. The fraction of sp³-hybridized carbons (Fsp3) is 0.375. The molecule has 2 aliphatic heterocycles. The number of aromatic amines is 1. The highest BCUT2D eigenvalue weighted by Crippen LogP contribution is 2.69. The van der Waals surface area contributed by atoms with Crippen LogP contribution in [-0.4, -0.2) is 39.7 Å². The summed E-state index contributed by atoms with van der Waals surface area (Å²) in [5.74, 6) is 1.81. The summed E-state index contributed by atoms with van der Waals surface area (Å²) >= 11 is 0. The van der Waals surface area contributed by atoms with E-state index in [1.807, 2.05) is 0 Å². The molecule has 9 rings (SSSR count). The third kappa shape index (κ3) is 2.66. The molecule has 5 heteroatoms. The average Bonchev–Trinajstić information content (AvgIpc) is 3.54. The van der Waals surface area contributed by atoms with Crippen molar-refractivity contribution in [1.29, 1.82) is 0 Å². The third-order valence-corrected chi connectivity index (χ3v) is 10.2. The van der Waals surface area contributed by atoms with Crippen LogP contribution >= 0.6 is 12.4 Å². The number of nitrogens with zero attached hydrogens (tertiary/aromatic N) is 1. The Kier molecular flexibility index (Phi) is 4.45. The lowest BCUT2D eigenvalue weighted by Gasteiger charge is -2.62. The normalized spacial score (nSPS) is 30.8. The van der Waals surface area contributed by atoms with Crippen molar-refractivity contribution in [2.24, 2.45) is 5.92 Å². The van der Waals surface area contributed by atoms with E-state index in [2.05, 4.69) is 76.6 Å². The zero-order valence-corrected chi connectivity index (χ0v) is 21.6. The number of likely N-dealkylation sites (tertiary alicyclic amines) is 1. The standard InChI is InChI=1S/C32H30N2O2.ClH/c35-32-17-24-23-8-4-5-9-25(23)33-28(24)30-31(32)14-15-34(18-19-10-11-19)26(32)16-21-12-13-22(29(36-30)27(21)31)20-6-2-1-3-7-20;/h1-9,12-13,19,26,30,33,35H,10-11,14-18H2;1H/t26-,30-,31-,32+;/m0./s1. The summed E-state index contributed by atoms with van der Waals surface area (Å²) in [4.78, 5) is 6.41. The van der Waals surface area contributed by atoms with E-state index in [1.54, 1.807) is 0 Å². The smallest absolute Gasteiger partial charge is 0.151 e. The van der Waals surface area contributed by atoms with Crippen LogP contribution in [0.1, 0.15) is 47.8 Å². The van der Waals surface area contributed by atoms with Crippen molar-refractivity contribution in [3.8, 4) is 16.9 Å². The number of hydrogen-bond acceptors (Lipinski definition) is 3. The van der Waals surface area contributed by atoms with Crippen LogP contribution in [0.25, 0.3) is 22.0 Å². The number of aromatic nitrogens is 1. The van der Waals surface area contributed by atoms with Gasteiger partial charge in [-0.25, -0.2) is 0 Å². The van der Waals surface area contributed by atoms with E-state index in [0.717, 1.165) is 48.7 Å². The van der Waals surface area contributed by atoms with Gasteiger partial charge in [-0.05, 0) is 60.9 Å². The molecule has 2 N–H and O–H groups in total. The lowest BCUT2D eigenvalue weighted by Crippen LogP contribution is -2.74. The largest absolute Gasteiger partial charge is 0.482 e. The molecule has 0 amide bonds. The number of nitrogens with one attached hydrogen (secondary N) is 1. The van der Waals surface area contributed by atoms with Crippen molar-refractivity contribution in [3.63, 3.8) is 0 Å². The molecule has 2 fully saturated rings. The second-order valence-corrected chi connectivity index (χ2v) is 11.9. The number of benzene rings is 3. The first-order valence-corrected chi connectivity index (χ1v) is 13.6. The molecule has 2 bridgehead atoms. The molecule has 4 atom stereocenters. The highest BCUT2D eigenvalue weighted by atomic mass is 35.5. The molecule has 5 aliphatic rings. The van der Waals surface area contributed by atoms with Gasteiger partial charge in [0.25, 0.3) is 0 Å². The SMILES string of the molecule is Cl.O[C@@]12Cc3c([nH]c4ccccc34)[C@@H]3Oc4c(-c5ccccc5)ccc5c4[C@@]31CCN(CC1CC1)[C@H]2C5. The Morgan fingerprint density at radius 1 is 1.00 bits per heavy atom. The molecule has 1 saturated heterocycles. The Labute approximate surface area is 223 Å². The molecule has 0 unspecified atom stereocenters. The number of piperidine rings is 1. The van der Waals surface area contributed by atoms with Gasteiger partial charge in [-0.3, -0.25) is 4.90 Å². The number of H-pyrrole nitrogens is 1. The maximum absolute atomic E-state index is 13.1. The minimum atomic E-state index is -0.851. The van der Waals surface area contributed by atoms with Crippen LogP contribution in [0, 0.1) is 5.92 Å². The zero-order chi connectivity index (χ0) is 23.6. The first kappa shape index (κ1) is 22.2. The molecular formula is C32H31ClN2O2. The summed E-state index contributed by atoms with van der Waals surface area (Å²) < 4.78 is 7.10. The van der Waals surface area contributed by atoms with Crippen LogP contribution in [0.4, 0.5) is 0 Å². The van der Waals surface area contributed by atoms with Crippen molar-refractivity contribution in [1.82, 2.24) is 9.88 Å². The lowest BCUT2D eigenvalue weighted by atomic mass is 9.49. The summed E-state index contributed by atoms with van der Waals surface area (Å²) in [6, 6.07) is 23.9. The van der Waals surface area contributed by atoms with Crippen molar-refractivity contribution in [2.75, 3.05) is 13.1 Å². The van der Waals surface area contributed by atoms with Gasteiger partial charge in [0.15, 0.2) is 6.10 Å². The molecule has 3 heterocycles. The molecule has 3 aromatic carbocycles. The second kappa shape index (κ2) is 7.41. The van der Waals surface area contributed by atoms with E-state index < -0.39 is 11.0 Å². The Morgan fingerprint density at radius 2 is 1.81 bits per heavy atom. The first-order valence-electron chi connectivity index (χ1n) is 13.6. The number of aliphatic hydroxyl groups is 1. The number of ether oxygens (including phenoxy) is 1. The summed E-state index contributed by atoms with van der Waals surface area (Å²) in [5, 5.41) is 14.3. The Bertz CT molecular complexity index is 1560. The number of halogens is 1. The van der Waals surface area contributed by atoms with E-state index in [-0.39, 0.29) is 24.6 Å². The topological polar surface area (TPSA) is 48.5 Å². The van der Waals surface area contributed by atoms with Gasteiger partial charge in [0.1, 0.15) is 5.75 Å². The molecule has 1 saturated carbocycles. The van der Waals surface area contributed by atoms with Crippen LogP contribution < -0.4 is 4.74 Å². The minimum Gasteiger partial charge on any atom is -0.482 e. The zero-order valence-electron chi connectivity index (χ0n) is 20.7. The highest BCUT2D eigenvalue weighted by Gasteiger charge is 2.72. The Balaban J connectivity index is 0.00000215. The number of fused-ring (bicyclic) bond motifs is 4. The molecule has 37 heavy (non-hydrogen) atoms. The molecule has 188 valence electrons. The fourth-order valence-corrected chi connectivity index (χ4v) is 8.43. The monoisotopic (exact) mass is 510 g/mol. The maximum Gasteiger partial charge on any atom is 0.151 e. The van der Waals surface area contributed by atoms with Gasteiger partial charge in [0.2, 0.25) is 0 Å². The van der Waals surface area contributed by atoms with Gasteiger partial charge < -0.3 is 14.8 Å². The van der Waals surface area contributed by atoms with E-state index in [0.29, 0.717) is 6.42 Å². The predicted octanol–water partition coefficient (Wildman–Crippen LogP) is 5.96. The van der Waals surface area contributed by atoms with Gasteiger partial charge in [-0.15, -0.1) is 12.4 Å². The Hall–Kier alpha value is -2.79. The van der Waals surface area contributed by atoms with Crippen molar-refractivity contribution < 1.29 is 9.84 Å². The quantitative estimate of drug-likeness (QED) is 0.358. The lowest BCUT2D eigenvalue weighted by molar-refractivity contribution is -0.173. The highest BCUT2D eigenvalue weighted by molar-refractivity contribution is 5.87. The molecule has 0 radical (unpaired) electrons. The molecule has 4 nitrogen and oxygen atoms in total. The van der Waals surface area contributed by atoms with E-state index >= 15 is 0 Å². The molecule has 1 aromatic heterocycles. The number of para-hydroxylation sites is 1. The summed E-state index contributed by atoms with van der Waals surface area (Å²) in [5.41, 5.74) is 7.31. The van der Waals surface area contributed by atoms with Crippen LogP contribution in [-0.2, 0) is 18.3 Å². The number of rotatable bonds is 3. The van der Waals surface area contributed by atoms with Gasteiger partial charge in [-0.2, -0.15) is 0 Å². The summed E-state index contributed by atoms with van der Waals surface area (Å²) in [7, 11) is 0. The molecule has 4 aromatic rings. The number of hydrogen-bond donors (Lipinski definition) is 2. The van der Waals surface area contributed by atoms with Crippen LogP contribution in [0.2, 0.25) is 0 Å². The van der Waals surface area contributed by atoms with Crippen molar-refractivity contribution in [2.45, 2.75) is 55.3 Å². The molecule has 3 aliphatic carbocycles. The fourth-order valence-electron chi connectivity index (χ4n) is 8.43. The van der Waals surface area contributed by atoms with Crippen molar-refractivity contribution >= 4 is 23.3 Å². The summed E-state index contributed by atoms with van der Waals surface area (Å²) in [6.07, 6.45) is 5.01. The van der Waals surface area contributed by atoms with E-state index in [9.17, 15) is 5.11 Å². The van der Waals surface area contributed by atoms with Gasteiger partial charge in [0, 0.05) is 41.0 Å². The third-order valence-electron chi connectivity index (χ3n) is 10.2. The van der Waals surface area contributed by atoms with Crippen molar-refractivity contribution in [3.05, 3.63) is 89.1 Å². The second-order valence-electron chi connectivity index (χ2n) is 11.9. The van der Waals surface area contributed by atoms with Gasteiger partial charge in [-0.1, -0.05) is 60.7 Å². The van der Waals surface area contributed by atoms with Crippen LogP contribution in [0.3, 0.4) is 0 Å². The van der Waals surface area contributed by atoms with Gasteiger partial charge in [0.05, 0.1) is 16.7 Å². The van der Waals surface area contributed by atoms with E-state index in [1.165, 1.54) is 46.2 Å². The molecular weight excluding hydrogens is 480 g/mol. The summed E-state index contributed by atoms with van der Waals surface area (Å²) in [6.45, 7) is 2.16. The minimum absolute atomic E-state index is 0. The van der Waals surface area contributed by atoms with Crippen LogP contribution in [0.15, 0.2) is 66.7 Å². The molecule has 1 spiro atoms. The van der Waals surface area contributed by atoms with Gasteiger partial charge >= 0.3 is 0 Å². The van der Waals surface area contributed by atoms with E-state index in [4.69, 9.17) is 4.74 Å². The maximum atomic E-state index is 13.1.